The largest absolute Gasteiger partial charge is 0.449 e. The van der Waals surface area contributed by atoms with Crippen molar-refractivity contribution in [3.63, 3.8) is 0 Å². The molecular weight excluding hydrogens is 260 g/mol. The normalized spacial score (nSPS) is 11.3. The number of benzene rings is 1. The Morgan fingerprint density at radius 3 is 2.35 bits per heavy atom. The van der Waals surface area contributed by atoms with Crippen molar-refractivity contribution < 1.29 is 19.1 Å². The van der Waals surface area contributed by atoms with E-state index >= 15 is 0 Å². The molecule has 20 heavy (non-hydrogen) atoms. The SMILES string of the molecule is CCNC(=O)NC(=O)[C@H](C)OC(=O)c1ccc(C)cc1. The topological polar surface area (TPSA) is 84.5 Å². The Hall–Kier alpha value is -2.37. The number of imide groups is 1. The van der Waals surface area contributed by atoms with Crippen LogP contribution >= 0.6 is 0 Å². The zero-order valence-corrected chi connectivity index (χ0v) is 11.7. The van der Waals surface area contributed by atoms with E-state index in [0.29, 0.717) is 12.1 Å². The van der Waals surface area contributed by atoms with E-state index in [-0.39, 0.29) is 0 Å². The van der Waals surface area contributed by atoms with Crippen molar-refractivity contribution in [1.82, 2.24) is 10.6 Å². The predicted octanol–water partition coefficient (Wildman–Crippen LogP) is 1.39. The van der Waals surface area contributed by atoms with Gasteiger partial charge in [-0.1, -0.05) is 17.7 Å². The van der Waals surface area contributed by atoms with Crippen LogP contribution in [-0.4, -0.2) is 30.6 Å². The Labute approximate surface area is 117 Å². The van der Waals surface area contributed by atoms with Gasteiger partial charge in [-0.15, -0.1) is 0 Å². The standard InChI is InChI=1S/C14H18N2O4/c1-4-15-14(19)16-12(17)10(3)20-13(18)11-7-5-9(2)6-8-11/h5-8,10H,4H2,1-3H3,(H2,15,16,17,19)/t10-/m0/s1. The molecule has 0 unspecified atom stereocenters. The molecule has 1 atom stereocenters. The van der Waals surface area contributed by atoms with Crippen molar-refractivity contribution in [2.45, 2.75) is 26.9 Å². The van der Waals surface area contributed by atoms with Gasteiger partial charge < -0.3 is 10.1 Å². The molecule has 0 aromatic heterocycles. The van der Waals surface area contributed by atoms with Crippen LogP contribution in [0.1, 0.15) is 29.8 Å². The van der Waals surface area contributed by atoms with E-state index in [9.17, 15) is 14.4 Å². The van der Waals surface area contributed by atoms with E-state index in [0.717, 1.165) is 5.56 Å². The Kier molecular flexibility index (Phi) is 5.71. The molecule has 0 saturated heterocycles. The Balaban J connectivity index is 2.54. The third kappa shape index (κ3) is 4.72. The third-order valence-electron chi connectivity index (χ3n) is 2.51. The van der Waals surface area contributed by atoms with Gasteiger partial charge in [0.25, 0.3) is 5.91 Å². The molecular formula is C14H18N2O4. The number of amides is 3. The number of hydrogen-bond donors (Lipinski definition) is 2. The zero-order valence-electron chi connectivity index (χ0n) is 11.7. The first kappa shape index (κ1) is 15.7. The molecule has 0 aliphatic rings. The molecule has 6 nitrogen and oxygen atoms in total. The smallest absolute Gasteiger partial charge is 0.338 e. The molecule has 0 fully saturated rings. The summed E-state index contributed by atoms with van der Waals surface area (Å²) in [7, 11) is 0. The van der Waals surface area contributed by atoms with Gasteiger partial charge in [-0.05, 0) is 32.9 Å². The summed E-state index contributed by atoms with van der Waals surface area (Å²) in [5.74, 6) is -1.28. The van der Waals surface area contributed by atoms with Gasteiger partial charge in [0.05, 0.1) is 5.56 Å². The molecule has 1 rings (SSSR count). The van der Waals surface area contributed by atoms with Crippen LogP contribution in [0, 0.1) is 6.92 Å². The molecule has 1 aromatic carbocycles. The maximum atomic E-state index is 11.8. The minimum atomic E-state index is -1.05. The highest BCUT2D eigenvalue weighted by Crippen LogP contribution is 2.06. The van der Waals surface area contributed by atoms with Gasteiger partial charge >= 0.3 is 12.0 Å². The average molecular weight is 278 g/mol. The minimum Gasteiger partial charge on any atom is -0.449 e. The van der Waals surface area contributed by atoms with Crippen LogP contribution in [0.4, 0.5) is 4.79 Å². The number of ether oxygens (including phenoxy) is 1. The summed E-state index contributed by atoms with van der Waals surface area (Å²) in [6.45, 7) is 5.43. The fraction of sp³-hybridized carbons (Fsp3) is 0.357. The van der Waals surface area contributed by atoms with Crippen LogP contribution in [0.5, 0.6) is 0 Å². The first-order valence-corrected chi connectivity index (χ1v) is 6.30. The van der Waals surface area contributed by atoms with Crippen LogP contribution in [0.2, 0.25) is 0 Å². The Morgan fingerprint density at radius 1 is 1.20 bits per heavy atom. The van der Waals surface area contributed by atoms with Crippen LogP contribution in [-0.2, 0) is 9.53 Å². The lowest BCUT2D eigenvalue weighted by Crippen LogP contribution is -2.44. The fourth-order valence-corrected chi connectivity index (χ4v) is 1.39. The summed E-state index contributed by atoms with van der Waals surface area (Å²) in [4.78, 5) is 34.5. The highest BCUT2D eigenvalue weighted by molar-refractivity contribution is 5.98. The summed E-state index contributed by atoms with van der Waals surface area (Å²) in [6, 6.07) is 6.17. The lowest BCUT2D eigenvalue weighted by molar-refractivity contribution is -0.127. The van der Waals surface area contributed by atoms with E-state index in [1.54, 1.807) is 31.2 Å². The molecule has 0 saturated carbocycles. The van der Waals surface area contributed by atoms with Gasteiger partial charge in [-0.25, -0.2) is 9.59 Å². The molecule has 1 aromatic rings. The van der Waals surface area contributed by atoms with Crippen LogP contribution in [0.25, 0.3) is 0 Å². The number of nitrogens with one attached hydrogen (secondary N) is 2. The summed E-state index contributed by atoms with van der Waals surface area (Å²) < 4.78 is 4.99. The first-order valence-electron chi connectivity index (χ1n) is 6.30. The molecule has 3 amide bonds. The van der Waals surface area contributed by atoms with Crippen molar-refractivity contribution in [2.24, 2.45) is 0 Å². The minimum absolute atomic E-state index is 0.355. The lowest BCUT2D eigenvalue weighted by atomic mass is 10.1. The Bertz CT molecular complexity index is 496. The van der Waals surface area contributed by atoms with E-state index < -0.39 is 24.0 Å². The molecule has 0 heterocycles. The van der Waals surface area contributed by atoms with Gasteiger partial charge in [-0.3, -0.25) is 10.1 Å². The second-order valence-corrected chi connectivity index (χ2v) is 4.26. The quantitative estimate of drug-likeness (QED) is 0.815. The summed E-state index contributed by atoms with van der Waals surface area (Å²) >= 11 is 0. The van der Waals surface area contributed by atoms with Crippen LogP contribution in [0.3, 0.4) is 0 Å². The lowest BCUT2D eigenvalue weighted by Gasteiger charge is -2.13. The van der Waals surface area contributed by atoms with E-state index in [2.05, 4.69) is 10.6 Å². The van der Waals surface area contributed by atoms with Crippen molar-refractivity contribution in [1.29, 1.82) is 0 Å². The molecule has 0 radical (unpaired) electrons. The highest BCUT2D eigenvalue weighted by atomic mass is 16.5. The summed E-state index contributed by atoms with van der Waals surface area (Å²) in [6.07, 6.45) is -1.05. The van der Waals surface area contributed by atoms with Gasteiger partial charge in [0.15, 0.2) is 6.10 Å². The number of rotatable bonds is 4. The second kappa shape index (κ2) is 7.28. The molecule has 0 spiro atoms. The molecule has 6 heteroatoms. The predicted molar refractivity (Wildman–Crippen MR) is 73.3 cm³/mol. The molecule has 2 N–H and O–H groups in total. The second-order valence-electron chi connectivity index (χ2n) is 4.26. The van der Waals surface area contributed by atoms with Gasteiger partial charge in [0.1, 0.15) is 0 Å². The average Bonchev–Trinajstić information content (AvgIpc) is 2.39. The number of carbonyl (C=O) groups excluding carboxylic acids is 3. The molecule has 0 bridgehead atoms. The maximum absolute atomic E-state index is 11.8. The molecule has 108 valence electrons. The monoisotopic (exact) mass is 278 g/mol. The number of hydrogen-bond acceptors (Lipinski definition) is 4. The van der Waals surface area contributed by atoms with E-state index in [1.807, 2.05) is 6.92 Å². The van der Waals surface area contributed by atoms with Crippen LogP contribution in [0.15, 0.2) is 24.3 Å². The van der Waals surface area contributed by atoms with Crippen LogP contribution < -0.4 is 10.6 Å². The van der Waals surface area contributed by atoms with Crippen molar-refractivity contribution in [3.8, 4) is 0 Å². The van der Waals surface area contributed by atoms with E-state index in [4.69, 9.17) is 4.74 Å². The highest BCUT2D eigenvalue weighted by Gasteiger charge is 2.20. The van der Waals surface area contributed by atoms with Gasteiger partial charge in [-0.2, -0.15) is 0 Å². The Morgan fingerprint density at radius 2 is 1.80 bits per heavy atom. The first-order chi connectivity index (χ1) is 9.43. The number of aryl methyl sites for hydroxylation is 1. The summed E-state index contributed by atoms with van der Waals surface area (Å²) in [5.41, 5.74) is 1.37. The number of urea groups is 1. The van der Waals surface area contributed by atoms with Gasteiger partial charge in [0, 0.05) is 6.54 Å². The van der Waals surface area contributed by atoms with Crippen molar-refractivity contribution in [3.05, 3.63) is 35.4 Å². The molecule has 0 aliphatic heterocycles. The zero-order chi connectivity index (χ0) is 15.1. The number of esters is 1. The van der Waals surface area contributed by atoms with Crippen molar-refractivity contribution >= 4 is 17.9 Å². The third-order valence-corrected chi connectivity index (χ3v) is 2.51. The molecule has 0 aliphatic carbocycles. The fourth-order valence-electron chi connectivity index (χ4n) is 1.39. The van der Waals surface area contributed by atoms with E-state index in [1.165, 1.54) is 6.92 Å². The number of carbonyl (C=O) groups is 3. The maximum Gasteiger partial charge on any atom is 0.338 e. The van der Waals surface area contributed by atoms with Crippen molar-refractivity contribution in [2.75, 3.05) is 6.54 Å². The summed E-state index contributed by atoms with van der Waals surface area (Å²) in [5, 5.41) is 4.49. The van der Waals surface area contributed by atoms with Gasteiger partial charge in [0.2, 0.25) is 0 Å².